The summed E-state index contributed by atoms with van der Waals surface area (Å²) in [5.41, 5.74) is 6.54. The lowest BCUT2D eigenvalue weighted by Gasteiger charge is -2.27. The van der Waals surface area contributed by atoms with Crippen molar-refractivity contribution in [3.8, 4) is 11.3 Å². The van der Waals surface area contributed by atoms with E-state index in [1.807, 2.05) is 11.3 Å². The zero-order chi connectivity index (χ0) is 28.6. The Balaban J connectivity index is 1.19. The molecular formula is C38H28N4S. The van der Waals surface area contributed by atoms with Crippen molar-refractivity contribution in [2.75, 3.05) is 21.4 Å². The van der Waals surface area contributed by atoms with E-state index in [-0.39, 0.29) is 0 Å². The number of benzene rings is 5. The van der Waals surface area contributed by atoms with Gasteiger partial charge in [-0.25, -0.2) is 4.98 Å². The lowest BCUT2D eigenvalue weighted by molar-refractivity contribution is 0.975. The number of aromatic nitrogens is 1. The van der Waals surface area contributed by atoms with Crippen LogP contribution in [0.25, 0.3) is 31.4 Å². The number of anilines is 5. The smallest absolute Gasteiger partial charge is 0.138 e. The average Bonchev–Trinajstić information content (AvgIpc) is 3.72. The van der Waals surface area contributed by atoms with Crippen LogP contribution < -0.4 is 14.7 Å². The van der Waals surface area contributed by atoms with Crippen LogP contribution in [0.2, 0.25) is 0 Å². The molecule has 0 spiro atoms. The SMILES string of the molecule is C1=CN(c2cccc(N(c3ccccc3)c3cccc(-c4cccc5c4sc4ccccc45)n3)c2)CN1c1ccccc1. The Kier molecular flexibility index (Phi) is 6.35. The average molecular weight is 573 g/mol. The molecule has 2 aromatic heterocycles. The van der Waals surface area contributed by atoms with Gasteiger partial charge in [0.1, 0.15) is 5.82 Å². The zero-order valence-electron chi connectivity index (χ0n) is 23.4. The number of hydrogen-bond acceptors (Lipinski definition) is 5. The number of nitrogens with zero attached hydrogens (tertiary/aromatic N) is 4. The molecule has 0 unspecified atom stereocenters. The van der Waals surface area contributed by atoms with E-state index < -0.39 is 0 Å². The largest absolute Gasteiger partial charge is 0.328 e. The monoisotopic (exact) mass is 572 g/mol. The van der Waals surface area contributed by atoms with Crippen LogP contribution in [0.5, 0.6) is 0 Å². The summed E-state index contributed by atoms with van der Waals surface area (Å²) in [7, 11) is 0. The molecule has 0 radical (unpaired) electrons. The predicted molar refractivity (Wildman–Crippen MR) is 183 cm³/mol. The van der Waals surface area contributed by atoms with E-state index in [4.69, 9.17) is 4.98 Å². The molecule has 0 bridgehead atoms. The van der Waals surface area contributed by atoms with Crippen molar-refractivity contribution in [1.29, 1.82) is 0 Å². The van der Waals surface area contributed by atoms with Crippen LogP contribution in [0.4, 0.5) is 28.6 Å². The van der Waals surface area contributed by atoms with E-state index in [0.29, 0.717) is 0 Å². The first-order chi connectivity index (χ1) is 21.3. The molecule has 0 fully saturated rings. The molecular weight excluding hydrogens is 545 g/mol. The first kappa shape index (κ1) is 25.3. The van der Waals surface area contributed by atoms with Gasteiger partial charge in [0.15, 0.2) is 0 Å². The van der Waals surface area contributed by atoms with Gasteiger partial charge in [-0.3, -0.25) is 4.90 Å². The maximum absolute atomic E-state index is 5.29. The molecule has 0 N–H and O–H groups in total. The van der Waals surface area contributed by atoms with Gasteiger partial charge in [-0.15, -0.1) is 11.3 Å². The van der Waals surface area contributed by atoms with Crippen LogP contribution in [0.15, 0.2) is 158 Å². The Bertz CT molecular complexity index is 2080. The Labute approximate surface area is 255 Å². The molecule has 8 rings (SSSR count). The van der Waals surface area contributed by atoms with Crippen molar-refractivity contribution >= 4 is 60.1 Å². The Morgan fingerprint density at radius 2 is 1.21 bits per heavy atom. The van der Waals surface area contributed by atoms with Crippen molar-refractivity contribution < 1.29 is 0 Å². The summed E-state index contributed by atoms with van der Waals surface area (Å²) in [6, 6.07) is 51.2. The van der Waals surface area contributed by atoms with Gasteiger partial charge in [-0.1, -0.05) is 84.9 Å². The highest BCUT2D eigenvalue weighted by atomic mass is 32.1. The maximum Gasteiger partial charge on any atom is 0.138 e. The fourth-order valence-corrected chi connectivity index (χ4v) is 7.05. The predicted octanol–water partition coefficient (Wildman–Crippen LogP) is 10.3. The molecule has 5 aromatic carbocycles. The molecule has 7 aromatic rings. The zero-order valence-corrected chi connectivity index (χ0v) is 24.2. The molecule has 4 nitrogen and oxygen atoms in total. The topological polar surface area (TPSA) is 22.6 Å². The second kappa shape index (κ2) is 10.8. The minimum Gasteiger partial charge on any atom is -0.328 e. The standard InChI is InChI=1S/C38H28N4S/c1-3-12-28(13-4-1)40-24-25-41(27-40)30-16-9-17-31(26-30)42(29-14-5-2-6-15-29)37-23-11-21-35(39-37)34-20-10-19-33-32-18-7-8-22-36(32)43-38(33)34/h1-26H,27H2. The van der Waals surface area contributed by atoms with Gasteiger partial charge in [0.05, 0.1) is 12.4 Å². The molecule has 0 atom stereocenters. The number of pyridine rings is 1. The summed E-state index contributed by atoms with van der Waals surface area (Å²) < 4.78 is 2.57. The third-order valence-corrected chi connectivity index (χ3v) is 9.12. The van der Waals surface area contributed by atoms with Crippen molar-refractivity contribution in [1.82, 2.24) is 4.98 Å². The number of para-hydroxylation sites is 2. The fraction of sp³-hybridized carbons (Fsp3) is 0.0263. The lowest BCUT2D eigenvalue weighted by atomic mass is 10.1. The van der Waals surface area contributed by atoms with Crippen molar-refractivity contribution in [2.45, 2.75) is 0 Å². The van der Waals surface area contributed by atoms with Crippen LogP contribution in [0.3, 0.4) is 0 Å². The highest BCUT2D eigenvalue weighted by Gasteiger charge is 2.19. The summed E-state index contributed by atoms with van der Waals surface area (Å²) in [6.07, 6.45) is 4.28. The molecule has 3 heterocycles. The van der Waals surface area contributed by atoms with E-state index >= 15 is 0 Å². The van der Waals surface area contributed by atoms with Gasteiger partial charge in [0, 0.05) is 60.9 Å². The number of thiophene rings is 1. The molecule has 1 aliphatic rings. The summed E-state index contributed by atoms with van der Waals surface area (Å²) in [5.74, 6) is 0.877. The van der Waals surface area contributed by atoms with E-state index in [0.717, 1.165) is 40.8 Å². The van der Waals surface area contributed by atoms with Gasteiger partial charge < -0.3 is 9.80 Å². The normalized spacial score (nSPS) is 12.8. The summed E-state index contributed by atoms with van der Waals surface area (Å²) in [6.45, 7) is 0.756. The molecule has 0 aliphatic carbocycles. The molecule has 1 aliphatic heterocycles. The molecule has 43 heavy (non-hydrogen) atoms. The van der Waals surface area contributed by atoms with Gasteiger partial charge >= 0.3 is 0 Å². The van der Waals surface area contributed by atoms with Crippen LogP contribution in [-0.2, 0) is 0 Å². The van der Waals surface area contributed by atoms with Crippen LogP contribution in [0.1, 0.15) is 0 Å². The molecule has 206 valence electrons. The van der Waals surface area contributed by atoms with Gasteiger partial charge in [0.2, 0.25) is 0 Å². The van der Waals surface area contributed by atoms with E-state index in [9.17, 15) is 0 Å². The highest BCUT2D eigenvalue weighted by molar-refractivity contribution is 7.26. The van der Waals surface area contributed by atoms with Crippen molar-refractivity contribution in [3.63, 3.8) is 0 Å². The lowest BCUT2D eigenvalue weighted by Crippen LogP contribution is -2.24. The molecule has 0 saturated heterocycles. The Morgan fingerprint density at radius 1 is 0.558 bits per heavy atom. The molecule has 5 heteroatoms. The number of fused-ring (bicyclic) bond motifs is 3. The maximum atomic E-state index is 5.29. The van der Waals surface area contributed by atoms with Crippen molar-refractivity contribution in [3.05, 3.63) is 158 Å². The highest BCUT2D eigenvalue weighted by Crippen LogP contribution is 2.41. The third kappa shape index (κ3) is 4.70. The van der Waals surface area contributed by atoms with E-state index in [2.05, 4.69) is 173 Å². The van der Waals surface area contributed by atoms with E-state index in [1.165, 1.54) is 25.9 Å². The summed E-state index contributed by atoms with van der Waals surface area (Å²) in [4.78, 5) is 12.1. The second-order valence-corrected chi connectivity index (χ2v) is 11.6. The van der Waals surface area contributed by atoms with Gasteiger partial charge in [0.25, 0.3) is 0 Å². The Morgan fingerprint density at radius 3 is 2.07 bits per heavy atom. The minimum absolute atomic E-state index is 0.756. The summed E-state index contributed by atoms with van der Waals surface area (Å²) >= 11 is 1.84. The van der Waals surface area contributed by atoms with Crippen molar-refractivity contribution in [2.24, 2.45) is 0 Å². The summed E-state index contributed by atoms with van der Waals surface area (Å²) in [5, 5.41) is 2.58. The number of hydrogen-bond donors (Lipinski definition) is 0. The second-order valence-electron chi connectivity index (χ2n) is 10.6. The third-order valence-electron chi connectivity index (χ3n) is 7.90. The fourth-order valence-electron chi connectivity index (χ4n) is 5.82. The first-order valence-corrected chi connectivity index (χ1v) is 15.2. The minimum atomic E-state index is 0.756. The van der Waals surface area contributed by atoms with Crippen LogP contribution in [0, 0.1) is 0 Å². The number of rotatable bonds is 6. The Hall–Kier alpha value is -5.39. The first-order valence-electron chi connectivity index (χ1n) is 14.4. The quantitative estimate of drug-likeness (QED) is 0.198. The molecule has 0 amide bonds. The van der Waals surface area contributed by atoms with Crippen LogP contribution in [-0.4, -0.2) is 11.7 Å². The van der Waals surface area contributed by atoms with E-state index in [1.54, 1.807) is 0 Å². The molecule has 0 saturated carbocycles. The van der Waals surface area contributed by atoms with Gasteiger partial charge in [-0.05, 0) is 60.7 Å². The van der Waals surface area contributed by atoms with Crippen LogP contribution >= 0.6 is 11.3 Å². The van der Waals surface area contributed by atoms with Gasteiger partial charge in [-0.2, -0.15) is 0 Å².